The minimum atomic E-state index is 0.508. The van der Waals surface area contributed by atoms with Crippen LogP contribution in [0.15, 0.2) is 36.9 Å². The summed E-state index contributed by atoms with van der Waals surface area (Å²) in [6.45, 7) is 5.43. The first-order chi connectivity index (χ1) is 15.8. The van der Waals surface area contributed by atoms with Crippen LogP contribution in [-0.4, -0.2) is 50.8 Å². The van der Waals surface area contributed by atoms with Crippen LogP contribution in [0.3, 0.4) is 0 Å². The van der Waals surface area contributed by atoms with E-state index in [1.54, 1.807) is 0 Å². The Balaban J connectivity index is 1.34. The third kappa shape index (κ3) is 3.44. The van der Waals surface area contributed by atoms with Gasteiger partial charge in [0, 0.05) is 30.7 Å². The number of aromatic nitrogens is 5. The van der Waals surface area contributed by atoms with Crippen LogP contribution in [0.25, 0.3) is 21.9 Å². The van der Waals surface area contributed by atoms with Crippen molar-refractivity contribution in [1.82, 2.24) is 24.5 Å². The van der Waals surface area contributed by atoms with E-state index >= 15 is 0 Å². The number of hydrogen-bond acceptors (Lipinski definition) is 7. The Morgan fingerprint density at radius 2 is 1.88 bits per heavy atom. The van der Waals surface area contributed by atoms with E-state index in [4.69, 9.17) is 9.72 Å². The molecule has 8 heteroatoms. The number of aryl methyl sites for hydroxylation is 1. The number of morpholine rings is 1. The van der Waals surface area contributed by atoms with Crippen LogP contribution in [0.5, 0.6) is 0 Å². The van der Waals surface area contributed by atoms with Crippen LogP contribution in [0.2, 0.25) is 0 Å². The highest BCUT2D eigenvalue weighted by atomic mass is 16.5. The smallest absolute Gasteiger partial charge is 0.228 e. The van der Waals surface area contributed by atoms with Gasteiger partial charge in [-0.05, 0) is 43.5 Å². The molecule has 2 fully saturated rings. The van der Waals surface area contributed by atoms with E-state index in [1.165, 1.54) is 31.2 Å². The van der Waals surface area contributed by atoms with Crippen LogP contribution in [0.1, 0.15) is 37.3 Å². The second-order valence-electron chi connectivity index (χ2n) is 8.74. The van der Waals surface area contributed by atoms with Gasteiger partial charge in [0.15, 0.2) is 0 Å². The van der Waals surface area contributed by atoms with Crippen LogP contribution >= 0.6 is 0 Å². The van der Waals surface area contributed by atoms with Gasteiger partial charge in [0.2, 0.25) is 5.95 Å². The first-order valence-electron chi connectivity index (χ1n) is 11.4. The lowest BCUT2D eigenvalue weighted by Crippen LogP contribution is -2.36. The fourth-order valence-electron chi connectivity index (χ4n) is 5.00. The van der Waals surface area contributed by atoms with E-state index < -0.39 is 0 Å². The number of hydrogen-bond donors (Lipinski definition) is 1. The second kappa shape index (κ2) is 8.02. The third-order valence-electron chi connectivity index (χ3n) is 6.68. The average Bonchev–Trinajstić information content (AvgIpc) is 3.50. The molecule has 1 aromatic carbocycles. The lowest BCUT2D eigenvalue weighted by atomic mass is 10.2. The zero-order valence-electron chi connectivity index (χ0n) is 18.3. The average molecular weight is 430 g/mol. The van der Waals surface area contributed by atoms with E-state index in [1.807, 2.05) is 24.8 Å². The predicted octanol–water partition coefficient (Wildman–Crippen LogP) is 4.38. The highest BCUT2D eigenvalue weighted by Gasteiger charge is 2.21. The lowest BCUT2D eigenvalue weighted by Gasteiger charge is -2.29. The molecule has 1 N–H and O–H groups in total. The minimum Gasteiger partial charge on any atom is -0.378 e. The van der Waals surface area contributed by atoms with Crippen LogP contribution in [-0.2, 0) is 4.74 Å². The van der Waals surface area contributed by atoms with Crippen molar-refractivity contribution in [3.8, 4) is 0 Å². The largest absolute Gasteiger partial charge is 0.378 e. The molecule has 8 nitrogen and oxygen atoms in total. The Bertz CT molecular complexity index is 1270. The van der Waals surface area contributed by atoms with Crippen LogP contribution < -0.4 is 10.2 Å². The molecule has 4 heterocycles. The fourth-order valence-corrected chi connectivity index (χ4v) is 5.00. The summed E-state index contributed by atoms with van der Waals surface area (Å²) < 4.78 is 7.79. The first kappa shape index (κ1) is 19.4. The molecule has 0 atom stereocenters. The van der Waals surface area contributed by atoms with Gasteiger partial charge in [-0.15, -0.1) is 0 Å². The summed E-state index contributed by atoms with van der Waals surface area (Å²) in [4.78, 5) is 21.0. The summed E-state index contributed by atoms with van der Waals surface area (Å²) in [7, 11) is 0. The normalized spacial score (nSPS) is 17.5. The Kier molecular flexibility index (Phi) is 4.87. The van der Waals surface area contributed by atoms with E-state index in [0.717, 1.165) is 59.7 Å². The van der Waals surface area contributed by atoms with Gasteiger partial charge >= 0.3 is 0 Å². The maximum atomic E-state index is 5.47. The van der Waals surface area contributed by atoms with Crippen molar-refractivity contribution in [2.24, 2.45) is 0 Å². The van der Waals surface area contributed by atoms with Crippen molar-refractivity contribution in [3.63, 3.8) is 0 Å². The molecule has 164 valence electrons. The number of nitrogens with one attached hydrogen (secondary N) is 1. The molecular formula is C24H27N7O. The third-order valence-corrected chi connectivity index (χ3v) is 6.68. The monoisotopic (exact) mass is 429 g/mol. The summed E-state index contributed by atoms with van der Waals surface area (Å²) in [6.07, 6.45) is 10.8. The molecule has 0 amide bonds. The number of rotatable bonds is 4. The highest BCUT2D eigenvalue weighted by Crippen LogP contribution is 2.34. The molecule has 1 aliphatic heterocycles. The molecular weight excluding hydrogens is 402 g/mol. The highest BCUT2D eigenvalue weighted by molar-refractivity contribution is 6.02. The molecule has 2 aliphatic rings. The Labute approximate surface area is 186 Å². The van der Waals surface area contributed by atoms with Crippen LogP contribution in [0.4, 0.5) is 17.5 Å². The first-order valence-corrected chi connectivity index (χ1v) is 11.4. The van der Waals surface area contributed by atoms with Gasteiger partial charge in [-0.3, -0.25) is 0 Å². The molecule has 32 heavy (non-hydrogen) atoms. The van der Waals surface area contributed by atoms with Gasteiger partial charge in [-0.1, -0.05) is 12.8 Å². The zero-order chi connectivity index (χ0) is 21.5. The van der Waals surface area contributed by atoms with Crippen LogP contribution in [0, 0.1) is 6.92 Å². The molecule has 1 saturated heterocycles. The molecule has 4 aromatic rings. The Hall–Kier alpha value is -3.26. The van der Waals surface area contributed by atoms with Crippen molar-refractivity contribution in [2.75, 3.05) is 36.5 Å². The van der Waals surface area contributed by atoms with Gasteiger partial charge in [0.1, 0.15) is 11.3 Å². The molecule has 0 unspecified atom stereocenters. The number of ether oxygens (including phenoxy) is 1. The quantitative estimate of drug-likeness (QED) is 0.516. The number of nitrogens with zero attached hydrogens (tertiary/aromatic N) is 6. The molecule has 1 saturated carbocycles. The number of fused-ring (bicyclic) bond motifs is 3. The Morgan fingerprint density at radius 1 is 1.03 bits per heavy atom. The van der Waals surface area contributed by atoms with E-state index in [-0.39, 0.29) is 0 Å². The van der Waals surface area contributed by atoms with Crippen molar-refractivity contribution < 1.29 is 4.74 Å². The Morgan fingerprint density at radius 3 is 2.69 bits per heavy atom. The predicted molar refractivity (Wildman–Crippen MR) is 126 cm³/mol. The summed E-state index contributed by atoms with van der Waals surface area (Å²) >= 11 is 0. The maximum Gasteiger partial charge on any atom is 0.228 e. The molecule has 1 aliphatic carbocycles. The topological polar surface area (TPSA) is 81.0 Å². The number of benzene rings is 1. The molecule has 0 spiro atoms. The second-order valence-corrected chi connectivity index (χ2v) is 8.74. The fraction of sp³-hybridized carbons (Fsp3) is 0.417. The van der Waals surface area contributed by atoms with Crippen molar-refractivity contribution >= 4 is 39.4 Å². The SMILES string of the molecule is Cc1cc(Nc2ncc3ccc4ncn(C5CCCC5)c4c3n2)ncc1N1CCOCC1. The number of pyridine rings is 1. The van der Waals surface area contributed by atoms with Crippen molar-refractivity contribution in [2.45, 2.75) is 38.6 Å². The van der Waals surface area contributed by atoms with Crippen molar-refractivity contribution in [1.29, 1.82) is 0 Å². The number of anilines is 3. The maximum absolute atomic E-state index is 5.47. The minimum absolute atomic E-state index is 0.508. The van der Waals surface area contributed by atoms with Gasteiger partial charge in [-0.2, -0.15) is 0 Å². The summed E-state index contributed by atoms with van der Waals surface area (Å²) in [5.41, 5.74) is 5.35. The van der Waals surface area contributed by atoms with Gasteiger partial charge in [0.25, 0.3) is 0 Å². The summed E-state index contributed by atoms with van der Waals surface area (Å²) in [5.74, 6) is 1.30. The molecule has 6 rings (SSSR count). The van der Waals surface area contributed by atoms with Crippen molar-refractivity contribution in [3.05, 3.63) is 42.5 Å². The lowest BCUT2D eigenvalue weighted by molar-refractivity contribution is 0.122. The standard InChI is InChI=1S/C24H27N7O/c1-16-12-21(25-14-20(16)30-8-10-32-11-9-30)28-24-26-13-17-6-7-19-23(22(17)29-24)31(15-27-19)18-4-2-3-5-18/h6-7,12-15,18H,2-5,8-11H2,1H3,(H,25,26,28,29). The molecule has 0 radical (unpaired) electrons. The van der Waals surface area contributed by atoms with Gasteiger partial charge in [0.05, 0.1) is 42.5 Å². The van der Waals surface area contributed by atoms with Gasteiger partial charge in [-0.25, -0.2) is 19.9 Å². The molecule has 3 aromatic heterocycles. The van der Waals surface area contributed by atoms with E-state index in [0.29, 0.717) is 12.0 Å². The zero-order valence-corrected chi connectivity index (χ0v) is 18.3. The molecule has 0 bridgehead atoms. The number of imidazole rings is 1. The summed E-state index contributed by atoms with van der Waals surface area (Å²) in [6, 6.07) is 6.68. The van der Waals surface area contributed by atoms with Gasteiger partial charge < -0.3 is 19.5 Å². The van der Waals surface area contributed by atoms with E-state index in [2.05, 4.69) is 48.8 Å². The van der Waals surface area contributed by atoms with E-state index in [9.17, 15) is 0 Å². The summed E-state index contributed by atoms with van der Waals surface area (Å²) in [5, 5.41) is 4.33.